The molecule has 1 aliphatic rings. The summed E-state index contributed by atoms with van der Waals surface area (Å²) in [5.41, 5.74) is 1.30. The molecule has 7 nitrogen and oxygen atoms in total. The molecule has 2 heterocycles. The maximum atomic E-state index is 13.7. The van der Waals surface area contributed by atoms with Crippen molar-refractivity contribution in [1.82, 2.24) is 4.57 Å². The van der Waals surface area contributed by atoms with Gasteiger partial charge in [0.2, 0.25) is 0 Å². The molecule has 0 N–H and O–H groups in total. The lowest BCUT2D eigenvalue weighted by atomic mass is 9.95. The first kappa shape index (κ1) is 26.6. The van der Waals surface area contributed by atoms with Gasteiger partial charge in [-0.05, 0) is 62.7 Å². The minimum atomic E-state index is -2.93. The lowest BCUT2D eigenvalue weighted by Crippen LogP contribution is -2.40. The molecule has 0 spiro atoms. The van der Waals surface area contributed by atoms with Gasteiger partial charge in [0, 0.05) is 10.6 Å². The number of esters is 1. The Labute approximate surface area is 219 Å². The lowest BCUT2D eigenvalue weighted by Gasteiger charge is -2.26. The molecule has 2 aromatic carbocycles. The number of rotatable bonds is 7. The molecule has 4 rings (SSSR count). The molecule has 1 aromatic heterocycles. The fourth-order valence-corrected chi connectivity index (χ4v) is 5.20. The highest BCUT2D eigenvalue weighted by Crippen LogP contribution is 2.37. The monoisotopic (exact) mass is 548 g/mol. The molecule has 11 heteroatoms. The quantitative estimate of drug-likeness (QED) is 0.408. The topological polar surface area (TPSA) is 79.1 Å². The van der Waals surface area contributed by atoms with Crippen molar-refractivity contribution in [1.29, 1.82) is 0 Å². The van der Waals surface area contributed by atoms with E-state index in [-0.39, 0.29) is 11.3 Å². The minimum Gasteiger partial charge on any atom is -0.496 e. The fraction of sp³-hybridized carbons (Fsp3) is 0.269. The molecule has 0 fully saturated rings. The average molecular weight is 549 g/mol. The number of fused-ring (bicyclic) bond motifs is 1. The Balaban J connectivity index is 1.91. The van der Waals surface area contributed by atoms with Gasteiger partial charge < -0.3 is 14.2 Å². The van der Waals surface area contributed by atoms with Crippen LogP contribution in [-0.2, 0) is 9.53 Å². The number of nitrogens with zero attached hydrogens (tertiary/aromatic N) is 2. The third-order valence-electron chi connectivity index (χ3n) is 5.47. The second-order valence-corrected chi connectivity index (χ2v) is 9.82. The summed E-state index contributed by atoms with van der Waals surface area (Å²) in [6.45, 7) is 2.21. The Morgan fingerprint density at radius 3 is 2.51 bits per heavy atom. The number of hydrogen-bond acceptors (Lipinski definition) is 7. The zero-order valence-corrected chi connectivity index (χ0v) is 21.9. The zero-order valence-electron chi connectivity index (χ0n) is 20.3. The van der Waals surface area contributed by atoms with Crippen LogP contribution >= 0.6 is 22.9 Å². The second-order valence-electron chi connectivity index (χ2n) is 8.37. The summed E-state index contributed by atoms with van der Waals surface area (Å²) in [6, 6.07) is 9.95. The van der Waals surface area contributed by atoms with Gasteiger partial charge in [0.15, 0.2) is 4.80 Å². The molecule has 0 bridgehead atoms. The molecule has 0 unspecified atom stereocenters. The Morgan fingerprint density at radius 2 is 1.89 bits per heavy atom. The first-order valence-corrected chi connectivity index (χ1v) is 12.4. The number of allylic oxidation sites excluding steroid dienone is 1. The summed E-state index contributed by atoms with van der Waals surface area (Å²) in [5.74, 6) is -0.166. The van der Waals surface area contributed by atoms with Crippen LogP contribution in [0.2, 0.25) is 5.02 Å². The van der Waals surface area contributed by atoms with Crippen molar-refractivity contribution in [3.63, 3.8) is 0 Å². The SMILES string of the molecule is COc1ccc(Cl)cc1[C@@H]1C(C(=O)OC(C)C)=C(C)N=c2s/c(=C\c3ccc(OC(F)F)cc3)c(=O)n21. The van der Waals surface area contributed by atoms with Gasteiger partial charge in [-0.15, -0.1) is 0 Å². The fourth-order valence-electron chi connectivity index (χ4n) is 3.97. The number of hydrogen-bond donors (Lipinski definition) is 0. The van der Waals surface area contributed by atoms with Gasteiger partial charge in [-0.3, -0.25) is 9.36 Å². The summed E-state index contributed by atoms with van der Waals surface area (Å²) >= 11 is 7.44. The summed E-state index contributed by atoms with van der Waals surface area (Å²) in [5, 5.41) is 0.398. The molecule has 0 aliphatic carbocycles. The van der Waals surface area contributed by atoms with Gasteiger partial charge in [-0.1, -0.05) is 35.1 Å². The van der Waals surface area contributed by atoms with Gasteiger partial charge in [0.1, 0.15) is 17.5 Å². The number of thiazole rings is 1. The van der Waals surface area contributed by atoms with E-state index in [0.29, 0.717) is 36.9 Å². The molecule has 0 radical (unpaired) electrons. The number of ether oxygens (including phenoxy) is 3. The Morgan fingerprint density at radius 1 is 1.19 bits per heavy atom. The highest BCUT2D eigenvalue weighted by Gasteiger charge is 2.35. The zero-order chi connectivity index (χ0) is 26.9. The summed E-state index contributed by atoms with van der Waals surface area (Å²) in [7, 11) is 1.49. The number of carbonyl (C=O) groups excluding carboxylic acids is 1. The van der Waals surface area contributed by atoms with Gasteiger partial charge in [0.05, 0.1) is 29.0 Å². The van der Waals surface area contributed by atoms with Gasteiger partial charge >= 0.3 is 12.6 Å². The molecule has 0 amide bonds. The Bertz CT molecular complexity index is 1540. The van der Waals surface area contributed by atoms with E-state index in [4.69, 9.17) is 21.1 Å². The summed E-state index contributed by atoms with van der Waals surface area (Å²) in [6.07, 6.45) is 1.23. The van der Waals surface area contributed by atoms with E-state index in [1.54, 1.807) is 57.2 Å². The number of carbonyl (C=O) groups is 1. The number of methoxy groups -OCH3 is 1. The molecule has 1 atom stereocenters. The van der Waals surface area contributed by atoms with E-state index in [2.05, 4.69) is 9.73 Å². The van der Waals surface area contributed by atoms with Crippen LogP contribution in [-0.4, -0.2) is 30.4 Å². The maximum absolute atomic E-state index is 13.7. The molecule has 194 valence electrons. The van der Waals surface area contributed by atoms with Gasteiger partial charge in [-0.2, -0.15) is 8.78 Å². The van der Waals surface area contributed by atoms with Crippen molar-refractivity contribution in [3.8, 4) is 11.5 Å². The third kappa shape index (κ3) is 5.60. The van der Waals surface area contributed by atoms with E-state index >= 15 is 0 Å². The van der Waals surface area contributed by atoms with Crippen molar-refractivity contribution in [2.24, 2.45) is 4.99 Å². The van der Waals surface area contributed by atoms with Crippen LogP contribution in [0.15, 0.2) is 63.5 Å². The van der Waals surface area contributed by atoms with E-state index in [1.165, 1.54) is 23.8 Å². The van der Waals surface area contributed by atoms with Crippen molar-refractivity contribution < 1.29 is 27.8 Å². The number of benzene rings is 2. The van der Waals surface area contributed by atoms with Crippen LogP contribution in [0.3, 0.4) is 0 Å². The van der Waals surface area contributed by atoms with Crippen LogP contribution in [0.1, 0.15) is 37.9 Å². The highest BCUT2D eigenvalue weighted by atomic mass is 35.5. The summed E-state index contributed by atoms with van der Waals surface area (Å²) in [4.78, 5) is 31.8. The Hall–Kier alpha value is -3.50. The van der Waals surface area contributed by atoms with Crippen molar-refractivity contribution >= 4 is 35.0 Å². The third-order valence-corrected chi connectivity index (χ3v) is 6.69. The highest BCUT2D eigenvalue weighted by molar-refractivity contribution is 7.07. The summed E-state index contributed by atoms with van der Waals surface area (Å²) < 4.78 is 42.1. The van der Waals surface area contributed by atoms with Gasteiger partial charge in [-0.25, -0.2) is 9.79 Å². The molecule has 3 aromatic rings. The molecule has 0 saturated carbocycles. The maximum Gasteiger partial charge on any atom is 0.387 e. The van der Waals surface area contributed by atoms with Crippen LogP contribution < -0.4 is 24.4 Å². The number of halogens is 3. The van der Waals surface area contributed by atoms with E-state index in [0.717, 1.165) is 11.3 Å². The predicted octanol–water partition coefficient (Wildman–Crippen LogP) is 4.45. The average Bonchev–Trinajstić information content (AvgIpc) is 3.12. The number of aromatic nitrogens is 1. The van der Waals surface area contributed by atoms with E-state index < -0.39 is 30.3 Å². The van der Waals surface area contributed by atoms with E-state index in [9.17, 15) is 18.4 Å². The predicted molar refractivity (Wildman–Crippen MR) is 136 cm³/mol. The van der Waals surface area contributed by atoms with E-state index in [1.807, 2.05) is 0 Å². The van der Waals surface area contributed by atoms with Crippen molar-refractivity contribution in [2.45, 2.75) is 39.5 Å². The standard InChI is InChI=1S/C26H23ClF2N2O5S/c1-13(2)35-24(33)21-14(3)30-26-31(22(21)18-12-16(27)7-10-19(18)34-4)23(32)20(37-26)11-15-5-8-17(9-6-15)36-25(28)29/h5-13,22,25H,1-4H3/b20-11-/t22-/m1/s1. The second kappa shape index (κ2) is 10.9. The first-order valence-electron chi connectivity index (χ1n) is 11.2. The van der Waals surface area contributed by atoms with Gasteiger partial charge in [0.25, 0.3) is 5.56 Å². The van der Waals surface area contributed by atoms with Crippen LogP contribution in [0.4, 0.5) is 8.78 Å². The largest absolute Gasteiger partial charge is 0.496 e. The van der Waals surface area contributed by atoms with Crippen LogP contribution in [0.5, 0.6) is 11.5 Å². The van der Waals surface area contributed by atoms with Crippen LogP contribution in [0, 0.1) is 0 Å². The minimum absolute atomic E-state index is 0.00518. The van der Waals surface area contributed by atoms with Crippen molar-refractivity contribution in [2.75, 3.05) is 7.11 Å². The van der Waals surface area contributed by atoms with Crippen LogP contribution in [0.25, 0.3) is 6.08 Å². The number of alkyl halides is 2. The lowest BCUT2D eigenvalue weighted by molar-refractivity contribution is -0.143. The first-order chi connectivity index (χ1) is 17.6. The van der Waals surface area contributed by atoms with Crippen molar-refractivity contribution in [3.05, 3.63) is 89.6 Å². The smallest absolute Gasteiger partial charge is 0.387 e. The Kier molecular flexibility index (Phi) is 7.79. The molecular weight excluding hydrogens is 526 g/mol. The molecular formula is C26H23ClF2N2O5S. The molecule has 0 saturated heterocycles. The molecule has 37 heavy (non-hydrogen) atoms. The molecule has 1 aliphatic heterocycles. The normalized spacial score (nSPS) is 15.6.